The van der Waals surface area contributed by atoms with E-state index in [1.54, 1.807) is 30.5 Å². The largest absolute Gasteiger partial charge is 0.367 e. The molecule has 0 saturated heterocycles. The van der Waals surface area contributed by atoms with Crippen LogP contribution >= 0.6 is 0 Å². The number of primary amides is 1. The van der Waals surface area contributed by atoms with Crippen LogP contribution in [0.15, 0.2) is 35.4 Å². The maximum atomic E-state index is 11.4. The van der Waals surface area contributed by atoms with Crippen molar-refractivity contribution in [3.05, 3.63) is 36.0 Å². The minimum Gasteiger partial charge on any atom is -0.367 e. The molecule has 1 amide bonds. The van der Waals surface area contributed by atoms with Gasteiger partial charge in [0.2, 0.25) is 5.95 Å². The Balaban J connectivity index is 1.81. The van der Waals surface area contributed by atoms with Crippen molar-refractivity contribution in [2.45, 2.75) is 23.8 Å². The van der Waals surface area contributed by atoms with Crippen LogP contribution in [-0.4, -0.2) is 32.4 Å². The van der Waals surface area contributed by atoms with Gasteiger partial charge in [-0.1, -0.05) is 0 Å². The molecule has 8 heteroatoms. The van der Waals surface area contributed by atoms with Gasteiger partial charge in [0.1, 0.15) is 5.82 Å². The van der Waals surface area contributed by atoms with E-state index in [0.29, 0.717) is 17.8 Å². The van der Waals surface area contributed by atoms with E-state index in [-0.39, 0.29) is 5.56 Å². The van der Waals surface area contributed by atoms with E-state index >= 15 is 0 Å². The van der Waals surface area contributed by atoms with Gasteiger partial charge in [0.25, 0.3) is 5.91 Å². The summed E-state index contributed by atoms with van der Waals surface area (Å²) >= 11 is 0. The number of carbonyl (C=O) groups excluding carboxylic acids is 1. The number of nitrogens with two attached hydrogens (primary N) is 1. The second-order valence-electron chi connectivity index (χ2n) is 5.34. The first-order valence-corrected chi connectivity index (χ1v) is 8.72. The fourth-order valence-corrected chi connectivity index (χ4v) is 2.53. The molecule has 1 heterocycles. The molecule has 23 heavy (non-hydrogen) atoms. The van der Waals surface area contributed by atoms with E-state index in [4.69, 9.17) is 5.73 Å². The van der Waals surface area contributed by atoms with Crippen LogP contribution in [0.1, 0.15) is 23.2 Å². The Kier molecular flexibility index (Phi) is 4.24. The summed E-state index contributed by atoms with van der Waals surface area (Å²) < 4.78 is 11.4. The van der Waals surface area contributed by atoms with Crippen molar-refractivity contribution in [1.82, 2.24) is 9.97 Å². The Morgan fingerprint density at radius 1 is 1.30 bits per heavy atom. The van der Waals surface area contributed by atoms with Gasteiger partial charge >= 0.3 is 0 Å². The number of rotatable bonds is 6. The van der Waals surface area contributed by atoms with Crippen LogP contribution < -0.4 is 16.4 Å². The van der Waals surface area contributed by atoms with E-state index in [2.05, 4.69) is 20.6 Å². The lowest BCUT2D eigenvalue weighted by Crippen LogP contribution is -2.17. The third kappa shape index (κ3) is 3.84. The molecule has 1 saturated carbocycles. The molecule has 2 aromatic rings. The number of aromatic nitrogens is 2. The topological polar surface area (TPSA) is 110 Å². The summed E-state index contributed by atoms with van der Waals surface area (Å²) in [6.07, 6.45) is 5.16. The maximum Gasteiger partial charge on any atom is 0.254 e. The molecular weight excluding hydrogens is 314 g/mol. The molecule has 1 fully saturated rings. The zero-order chi connectivity index (χ0) is 16.4. The van der Waals surface area contributed by atoms with Gasteiger partial charge in [0, 0.05) is 39.9 Å². The fraction of sp³-hybridized carbons (Fsp3) is 0.267. The first-order valence-electron chi connectivity index (χ1n) is 7.17. The summed E-state index contributed by atoms with van der Waals surface area (Å²) in [6, 6.07) is 7.50. The van der Waals surface area contributed by atoms with Gasteiger partial charge in [0.05, 0.1) is 5.56 Å². The van der Waals surface area contributed by atoms with Crippen molar-refractivity contribution in [2.75, 3.05) is 16.9 Å². The number of carbonyl (C=O) groups is 1. The van der Waals surface area contributed by atoms with Crippen LogP contribution in [-0.2, 0) is 10.8 Å². The van der Waals surface area contributed by atoms with Gasteiger partial charge < -0.3 is 16.4 Å². The summed E-state index contributed by atoms with van der Waals surface area (Å²) in [5.74, 6) is 0.252. The number of hydrogen-bond donors (Lipinski definition) is 3. The molecular formula is C15H17N5O2S. The van der Waals surface area contributed by atoms with Crippen LogP contribution in [0, 0.1) is 0 Å². The van der Waals surface area contributed by atoms with E-state index in [0.717, 1.165) is 23.4 Å². The SMILES string of the molecule is C[S@](=O)c1ccc(Nc2ncc(C(N)=O)c(NC3CC3)n2)cc1. The lowest BCUT2D eigenvalue weighted by atomic mass is 10.3. The number of benzene rings is 1. The molecule has 4 N–H and O–H groups in total. The smallest absolute Gasteiger partial charge is 0.254 e. The highest BCUT2D eigenvalue weighted by atomic mass is 32.2. The van der Waals surface area contributed by atoms with Crippen molar-refractivity contribution in [3.8, 4) is 0 Å². The number of nitrogens with one attached hydrogen (secondary N) is 2. The number of nitrogens with zero attached hydrogens (tertiary/aromatic N) is 2. The van der Waals surface area contributed by atoms with Gasteiger partial charge in [-0.3, -0.25) is 9.00 Å². The zero-order valence-electron chi connectivity index (χ0n) is 12.6. The van der Waals surface area contributed by atoms with Crippen LogP contribution in [0.5, 0.6) is 0 Å². The molecule has 0 radical (unpaired) electrons. The highest BCUT2D eigenvalue weighted by Gasteiger charge is 2.24. The minimum atomic E-state index is -1.02. The molecule has 1 aromatic heterocycles. The Bertz CT molecular complexity index is 759. The van der Waals surface area contributed by atoms with Gasteiger partial charge in [-0.15, -0.1) is 0 Å². The molecule has 0 unspecified atom stereocenters. The third-order valence-corrected chi connectivity index (χ3v) is 4.35. The monoisotopic (exact) mass is 331 g/mol. The normalized spacial score (nSPS) is 15.0. The Morgan fingerprint density at radius 2 is 2.00 bits per heavy atom. The van der Waals surface area contributed by atoms with E-state index < -0.39 is 16.7 Å². The van der Waals surface area contributed by atoms with E-state index in [1.807, 2.05) is 0 Å². The molecule has 7 nitrogen and oxygen atoms in total. The van der Waals surface area contributed by atoms with Gasteiger partial charge in [-0.2, -0.15) is 4.98 Å². The van der Waals surface area contributed by atoms with Crippen LogP contribution in [0.25, 0.3) is 0 Å². The first kappa shape index (κ1) is 15.4. The van der Waals surface area contributed by atoms with Crippen LogP contribution in [0.2, 0.25) is 0 Å². The van der Waals surface area contributed by atoms with Gasteiger partial charge in [-0.25, -0.2) is 4.98 Å². The van der Waals surface area contributed by atoms with Gasteiger partial charge in [0.15, 0.2) is 0 Å². The third-order valence-electron chi connectivity index (χ3n) is 3.41. The molecule has 0 aliphatic heterocycles. The summed E-state index contributed by atoms with van der Waals surface area (Å²) in [6.45, 7) is 0. The first-order chi connectivity index (χ1) is 11.0. The van der Waals surface area contributed by atoms with E-state index in [1.165, 1.54) is 6.20 Å². The fourth-order valence-electron chi connectivity index (χ4n) is 2.01. The van der Waals surface area contributed by atoms with Gasteiger partial charge in [-0.05, 0) is 37.1 Å². The average Bonchev–Trinajstić information content (AvgIpc) is 3.32. The van der Waals surface area contributed by atoms with Crippen molar-refractivity contribution in [1.29, 1.82) is 0 Å². The molecule has 1 aromatic carbocycles. The molecule has 1 aliphatic rings. The standard InChI is InChI=1S/C15H17N5O2S/c1-23(22)11-6-4-10(5-7-11)19-15-17-8-12(13(16)21)14(20-15)18-9-2-3-9/h4-9H,2-3H2,1H3,(H2,16,21)(H2,17,18,19,20)/t23-/m0/s1. The second-order valence-corrected chi connectivity index (χ2v) is 6.72. The number of anilines is 3. The Hall–Kier alpha value is -2.48. The Morgan fingerprint density at radius 3 is 2.57 bits per heavy atom. The predicted octanol–water partition coefficient (Wildman–Crippen LogP) is 1.63. The van der Waals surface area contributed by atoms with Crippen molar-refractivity contribution < 1.29 is 9.00 Å². The summed E-state index contributed by atoms with van der Waals surface area (Å²) in [5, 5.41) is 6.24. The highest BCUT2D eigenvalue weighted by molar-refractivity contribution is 7.84. The molecule has 3 rings (SSSR count). The molecule has 120 valence electrons. The molecule has 0 bridgehead atoms. The summed E-state index contributed by atoms with van der Waals surface area (Å²) in [4.78, 5) is 20.6. The highest BCUT2D eigenvalue weighted by Crippen LogP contribution is 2.26. The Labute approximate surface area is 136 Å². The lowest BCUT2D eigenvalue weighted by Gasteiger charge is -2.11. The van der Waals surface area contributed by atoms with Crippen molar-refractivity contribution in [3.63, 3.8) is 0 Å². The van der Waals surface area contributed by atoms with Crippen LogP contribution in [0.3, 0.4) is 0 Å². The van der Waals surface area contributed by atoms with Crippen LogP contribution in [0.4, 0.5) is 17.5 Å². The zero-order valence-corrected chi connectivity index (χ0v) is 13.4. The summed E-state index contributed by atoms with van der Waals surface area (Å²) in [5.41, 5.74) is 6.39. The predicted molar refractivity (Wildman–Crippen MR) is 89.3 cm³/mol. The number of hydrogen-bond acceptors (Lipinski definition) is 6. The second kappa shape index (κ2) is 6.33. The van der Waals surface area contributed by atoms with E-state index in [9.17, 15) is 9.00 Å². The minimum absolute atomic E-state index is 0.277. The van der Waals surface area contributed by atoms with Crippen molar-refractivity contribution in [2.24, 2.45) is 5.73 Å². The molecule has 1 aliphatic carbocycles. The summed E-state index contributed by atoms with van der Waals surface area (Å²) in [7, 11) is -1.02. The van der Waals surface area contributed by atoms with Crippen molar-refractivity contribution >= 4 is 34.2 Å². The average molecular weight is 331 g/mol. The molecule has 0 spiro atoms. The number of amides is 1. The lowest BCUT2D eigenvalue weighted by molar-refractivity contribution is 0.100. The maximum absolute atomic E-state index is 11.4. The molecule has 1 atom stereocenters. The quantitative estimate of drug-likeness (QED) is 0.742.